The van der Waals surface area contributed by atoms with Gasteiger partial charge < -0.3 is 10.1 Å². The van der Waals surface area contributed by atoms with Crippen molar-refractivity contribution in [1.82, 2.24) is 14.8 Å². The lowest BCUT2D eigenvalue weighted by Crippen LogP contribution is -2.20. The lowest BCUT2D eigenvalue weighted by Gasteiger charge is -2.08. The Hall–Kier alpha value is -2.55. The number of thiazole rings is 1. The number of rotatable bonds is 6. The maximum Gasteiger partial charge on any atom is 0.315 e. The Labute approximate surface area is 154 Å². The average molecular weight is 376 g/mol. The highest BCUT2D eigenvalue weighted by molar-refractivity contribution is 7.16. The summed E-state index contributed by atoms with van der Waals surface area (Å²) in [6, 6.07) is 3.05. The zero-order valence-electron chi connectivity index (χ0n) is 14.7. The molecule has 0 bridgehead atoms. The molecular formula is C17H20N4O4S. The molecule has 0 saturated carbocycles. The summed E-state index contributed by atoms with van der Waals surface area (Å²) in [5, 5.41) is 7.38. The van der Waals surface area contributed by atoms with Crippen LogP contribution in [0, 0.1) is 0 Å². The van der Waals surface area contributed by atoms with Crippen LogP contribution in [0.15, 0.2) is 16.9 Å². The summed E-state index contributed by atoms with van der Waals surface area (Å²) in [4.78, 5) is 40.9. The first-order chi connectivity index (χ1) is 12.5. The molecule has 2 aromatic rings. The molecule has 0 spiro atoms. The number of aromatic nitrogens is 3. The zero-order chi connectivity index (χ0) is 18.7. The number of amides is 1. The maximum atomic E-state index is 12.2. The van der Waals surface area contributed by atoms with Crippen molar-refractivity contribution in [2.24, 2.45) is 7.05 Å². The number of aryl methyl sites for hydroxylation is 3. The number of anilines is 1. The van der Waals surface area contributed by atoms with Crippen molar-refractivity contribution in [3.63, 3.8) is 0 Å². The van der Waals surface area contributed by atoms with Gasteiger partial charge in [0.05, 0.1) is 18.0 Å². The highest BCUT2D eigenvalue weighted by Crippen LogP contribution is 2.38. The average Bonchev–Trinajstić information content (AvgIpc) is 3.16. The summed E-state index contributed by atoms with van der Waals surface area (Å²) >= 11 is 1.40. The van der Waals surface area contributed by atoms with E-state index in [4.69, 9.17) is 4.74 Å². The lowest BCUT2D eigenvalue weighted by atomic mass is 10.1. The Bertz CT molecular complexity index is 889. The van der Waals surface area contributed by atoms with E-state index in [-0.39, 0.29) is 29.8 Å². The molecule has 8 nitrogen and oxygen atoms in total. The summed E-state index contributed by atoms with van der Waals surface area (Å²) in [5.41, 5.74) is 1.21. The minimum absolute atomic E-state index is 0.180. The lowest BCUT2D eigenvalue weighted by molar-refractivity contribution is -0.145. The van der Waals surface area contributed by atoms with Gasteiger partial charge in [-0.3, -0.25) is 14.4 Å². The van der Waals surface area contributed by atoms with Crippen LogP contribution in [0.3, 0.4) is 0 Å². The second-order valence-corrected chi connectivity index (χ2v) is 7.09. The van der Waals surface area contributed by atoms with E-state index >= 15 is 0 Å². The number of ether oxygens (including phenoxy) is 1. The van der Waals surface area contributed by atoms with Gasteiger partial charge in [0.2, 0.25) is 5.91 Å². The van der Waals surface area contributed by atoms with E-state index in [1.807, 2.05) is 0 Å². The van der Waals surface area contributed by atoms with Crippen LogP contribution in [0.25, 0.3) is 0 Å². The molecule has 1 aliphatic rings. The third kappa shape index (κ3) is 3.98. The Kier molecular flexibility index (Phi) is 5.46. The second kappa shape index (κ2) is 7.77. The van der Waals surface area contributed by atoms with Crippen molar-refractivity contribution >= 4 is 28.3 Å². The van der Waals surface area contributed by atoms with Crippen LogP contribution in [0.1, 0.15) is 41.9 Å². The first kappa shape index (κ1) is 18.2. The van der Waals surface area contributed by atoms with Gasteiger partial charge in [0.25, 0.3) is 5.56 Å². The van der Waals surface area contributed by atoms with Gasteiger partial charge in [-0.05, 0) is 25.8 Å². The van der Waals surface area contributed by atoms with E-state index in [0.717, 1.165) is 17.0 Å². The SMILES string of the molecule is CCOC(=O)[C@H]1CCc2sc(NC(=O)CCc3ccc(=O)n(C)n3)nc21. The quantitative estimate of drug-likeness (QED) is 0.765. The molecule has 2 aromatic heterocycles. The molecule has 0 aliphatic heterocycles. The molecule has 3 rings (SSSR count). The fourth-order valence-electron chi connectivity index (χ4n) is 2.86. The third-order valence-electron chi connectivity index (χ3n) is 4.16. The molecule has 138 valence electrons. The molecule has 1 amide bonds. The number of esters is 1. The smallest absolute Gasteiger partial charge is 0.315 e. The fraction of sp³-hybridized carbons (Fsp3) is 0.471. The number of hydrogen-bond acceptors (Lipinski definition) is 7. The van der Waals surface area contributed by atoms with Gasteiger partial charge in [-0.1, -0.05) is 0 Å². The predicted octanol–water partition coefficient (Wildman–Crippen LogP) is 1.40. The Balaban J connectivity index is 1.58. The molecule has 1 N–H and O–H groups in total. The van der Waals surface area contributed by atoms with Gasteiger partial charge in [0, 0.05) is 30.8 Å². The fourth-order valence-corrected chi connectivity index (χ4v) is 3.91. The van der Waals surface area contributed by atoms with Crippen LogP contribution in [-0.2, 0) is 34.2 Å². The van der Waals surface area contributed by atoms with Crippen molar-refractivity contribution in [1.29, 1.82) is 0 Å². The highest BCUT2D eigenvalue weighted by Gasteiger charge is 2.33. The number of nitrogens with one attached hydrogen (secondary N) is 1. The van der Waals surface area contributed by atoms with Crippen LogP contribution in [0.2, 0.25) is 0 Å². The summed E-state index contributed by atoms with van der Waals surface area (Å²) in [5.74, 6) is -0.766. The van der Waals surface area contributed by atoms with Gasteiger partial charge in [-0.15, -0.1) is 11.3 Å². The molecular weight excluding hydrogens is 356 g/mol. The van der Waals surface area contributed by atoms with Crippen molar-refractivity contribution < 1.29 is 14.3 Å². The van der Waals surface area contributed by atoms with E-state index in [1.165, 1.54) is 22.1 Å². The summed E-state index contributed by atoms with van der Waals surface area (Å²) in [6.07, 6.45) is 2.14. The van der Waals surface area contributed by atoms with Crippen LogP contribution in [0.4, 0.5) is 5.13 Å². The second-order valence-electron chi connectivity index (χ2n) is 6.01. The predicted molar refractivity (Wildman–Crippen MR) is 96.2 cm³/mol. The number of hydrogen-bond donors (Lipinski definition) is 1. The maximum absolute atomic E-state index is 12.2. The molecule has 26 heavy (non-hydrogen) atoms. The number of carbonyl (C=O) groups excluding carboxylic acids is 2. The molecule has 9 heteroatoms. The number of nitrogens with zero attached hydrogens (tertiary/aromatic N) is 3. The summed E-state index contributed by atoms with van der Waals surface area (Å²) in [7, 11) is 1.57. The van der Waals surface area contributed by atoms with E-state index in [1.54, 1.807) is 20.0 Å². The molecule has 0 radical (unpaired) electrons. The Morgan fingerprint density at radius 1 is 1.42 bits per heavy atom. The molecule has 2 heterocycles. The van der Waals surface area contributed by atoms with Gasteiger partial charge in [-0.25, -0.2) is 9.67 Å². The van der Waals surface area contributed by atoms with Crippen molar-refractivity contribution in [2.45, 2.75) is 38.5 Å². The van der Waals surface area contributed by atoms with E-state index in [0.29, 0.717) is 30.3 Å². The Morgan fingerprint density at radius 3 is 2.96 bits per heavy atom. The van der Waals surface area contributed by atoms with Crippen molar-refractivity contribution in [2.75, 3.05) is 11.9 Å². The first-order valence-electron chi connectivity index (χ1n) is 8.47. The summed E-state index contributed by atoms with van der Waals surface area (Å²) in [6.45, 7) is 2.12. The molecule has 0 unspecified atom stereocenters. The van der Waals surface area contributed by atoms with Crippen LogP contribution in [-0.4, -0.2) is 33.2 Å². The number of carbonyl (C=O) groups is 2. The minimum atomic E-state index is -0.332. The molecule has 0 aromatic carbocycles. The van der Waals surface area contributed by atoms with E-state index in [9.17, 15) is 14.4 Å². The van der Waals surface area contributed by atoms with Gasteiger partial charge in [-0.2, -0.15) is 5.10 Å². The summed E-state index contributed by atoms with van der Waals surface area (Å²) < 4.78 is 6.33. The van der Waals surface area contributed by atoms with Gasteiger partial charge in [0.1, 0.15) is 5.92 Å². The van der Waals surface area contributed by atoms with Crippen molar-refractivity contribution in [3.8, 4) is 0 Å². The largest absolute Gasteiger partial charge is 0.465 e. The topological polar surface area (TPSA) is 103 Å². The van der Waals surface area contributed by atoms with Crippen molar-refractivity contribution in [3.05, 3.63) is 38.8 Å². The van der Waals surface area contributed by atoms with E-state index in [2.05, 4.69) is 15.4 Å². The van der Waals surface area contributed by atoms with Gasteiger partial charge >= 0.3 is 5.97 Å². The zero-order valence-corrected chi connectivity index (χ0v) is 15.5. The van der Waals surface area contributed by atoms with Gasteiger partial charge in [0.15, 0.2) is 5.13 Å². The normalized spacial score (nSPS) is 15.5. The molecule has 0 saturated heterocycles. The molecule has 1 aliphatic carbocycles. The van der Waals surface area contributed by atoms with Crippen LogP contribution < -0.4 is 10.9 Å². The Morgan fingerprint density at radius 2 is 2.23 bits per heavy atom. The minimum Gasteiger partial charge on any atom is -0.465 e. The standard InChI is InChI=1S/C17H20N4O4S/c1-3-25-16(24)11-6-7-12-15(11)19-17(26-12)18-13(22)8-4-10-5-9-14(23)21(2)20-10/h5,9,11H,3-4,6-8H2,1-2H3,(H,18,19,22)/t11-/m0/s1. The third-order valence-corrected chi connectivity index (χ3v) is 5.21. The molecule has 0 fully saturated rings. The van der Waals surface area contributed by atoms with Crippen LogP contribution in [0.5, 0.6) is 0 Å². The van der Waals surface area contributed by atoms with Crippen LogP contribution >= 0.6 is 11.3 Å². The first-order valence-corrected chi connectivity index (χ1v) is 9.29. The number of fused-ring (bicyclic) bond motifs is 1. The highest BCUT2D eigenvalue weighted by atomic mass is 32.1. The monoisotopic (exact) mass is 376 g/mol. The molecule has 1 atom stereocenters. The van der Waals surface area contributed by atoms with E-state index < -0.39 is 0 Å².